The van der Waals surface area contributed by atoms with Gasteiger partial charge in [0.2, 0.25) is 0 Å². The van der Waals surface area contributed by atoms with Gasteiger partial charge in [0.25, 0.3) is 0 Å². The maximum Gasteiger partial charge on any atom is 0.146 e. The van der Waals surface area contributed by atoms with Crippen molar-refractivity contribution in [2.75, 3.05) is 27.8 Å². The van der Waals surface area contributed by atoms with Gasteiger partial charge in [0.05, 0.1) is 24.6 Å². The predicted molar refractivity (Wildman–Crippen MR) is 147 cm³/mol. The second kappa shape index (κ2) is 13.2. The molecule has 186 valence electrons. The van der Waals surface area contributed by atoms with Crippen LogP contribution < -0.4 is 0 Å². The summed E-state index contributed by atoms with van der Waals surface area (Å²) in [6, 6.07) is 20.5. The van der Waals surface area contributed by atoms with Crippen LogP contribution in [0.3, 0.4) is 0 Å². The first-order valence-corrected chi connectivity index (χ1v) is 12.8. The van der Waals surface area contributed by atoms with E-state index in [1.165, 1.54) is 0 Å². The molecule has 0 spiro atoms. The van der Waals surface area contributed by atoms with Crippen LogP contribution in [-0.4, -0.2) is 37.8 Å². The molecule has 0 amide bonds. The molecule has 0 N–H and O–H groups in total. The molecule has 0 aliphatic heterocycles. The lowest BCUT2D eigenvalue weighted by molar-refractivity contribution is -0.0391. The number of benzene rings is 2. The van der Waals surface area contributed by atoms with Crippen LogP contribution in [0.15, 0.2) is 82.0 Å². The minimum absolute atomic E-state index is 0.259. The summed E-state index contributed by atoms with van der Waals surface area (Å²) in [5, 5.41) is 0. The van der Waals surface area contributed by atoms with Crippen molar-refractivity contribution in [1.29, 1.82) is 0 Å². The third-order valence-corrected chi connectivity index (χ3v) is 6.23. The molecular weight excluding hydrogens is 588 g/mol. The van der Waals surface area contributed by atoms with Crippen LogP contribution in [0.1, 0.15) is 11.1 Å². The third kappa shape index (κ3) is 7.29. The van der Waals surface area contributed by atoms with E-state index in [-0.39, 0.29) is 13.6 Å². The SMILES string of the molecule is COCOCc1cc(Br)cc(-c2ccc(-c3ccc(-c4cc(Br)cc(COCOC)c4)cn3)nc2)c1. The normalized spacial score (nSPS) is 11.1. The van der Waals surface area contributed by atoms with E-state index >= 15 is 0 Å². The average molecular weight is 614 g/mol. The van der Waals surface area contributed by atoms with Crippen molar-refractivity contribution in [2.45, 2.75) is 13.2 Å². The van der Waals surface area contributed by atoms with E-state index in [1.807, 2.05) is 36.7 Å². The van der Waals surface area contributed by atoms with E-state index in [0.29, 0.717) is 13.2 Å². The molecule has 2 aromatic heterocycles. The van der Waals surface area contributed by atoms with E-state index in [4.69, 9.17) is 18.9 Å². The number of halogens is 2. The number of hydrogen-bond acceptors (Lipinski definition) is 6. The van der Waals surface area contributed by atoms with Crippen LogP contribution in [-0.2, 0) is 32.2 Å². The van der Waals surface area contributed by atoms with Crippen molar-refractivity contribution in [2.24, 2.45) is 0 Å². The first-order valence-electron chi connectivity index (χ1n) is 11.2. The Morgan fingerprint density at radius 2 is 1.03 bits per heavy atom. The highest BCUT2D eigenvalue weighted by Gasteiger charge is 2.08. The number of ether oxygens (including phenoxy) is 4. The Kier molecular flexibility index (Phi) is 9.75. The molecule has 0 saturated heterocycles. The molecule has 36 heavy (non-hydrogen) atoms. The first-order chi connectivity index (χ1) is 17.6. The standard InChI is InChI=1S/C28H26Br2N2O4/c1-33-17-35-15-19-7-23(11-25(29)9-19)21-3-5-27(31-13-21)28-6-4-22(14-32-28)24-8-20(10-26(30)12-24)16-36-18-34-2/h3-14H,15-18H2,1-2H3. The van der Waals surface area contributed by atoms with Crippen molar-refractivity contribution >= 4 is 31.9 Å². The number of aromatic nitrogens is 2. The van der Waals surface area contributed by atoms with Crippen LogP contribution in [0.5, 0.6) is 0 Å². The summed E-state index contributed by atoms with van der Waals surface area (Å²) >= 11 is 7.18. The topological polar surface area (TPSA) is 62.7 Å². The molecule has 4 aromatic rings. The highest BCUT2D eigenvalue weighted by molar-refractivity contribution is 9.10. The number of methoxy groups -OCH3 is 2. The summed E-state index contributed by atoms with van der Waals surface area (Å²) < 4.78 is 22.9. The lowest BCUT2D eigenvalue weighted by atomic mass is 10.0. The molecule has 0 unspecified atom stereocenters. The molecule has 0 atom stereocenters. The fourth-order valence-corrected chi connectivity index (χ4v) is 4.80. The van der Waals surface area contributed by atoms with Crippen molar-refractivity contribution < 1.29 is 18.9 Å². The van der Waals surface area contributed by atoms with Crippen LogP contribution in [0.4, 0.5) is 0 Å². The van der Waals surface area contributed by atoms with Gasteiger partial charge in [-0.1, -0.05) is 44.0 Å². The van der Waals surface area contributed by atoms with Crippen LogP contribution in [0.2, 0.25) is 0 Å². The molecular formula is C28H26Br2N2O4. The van der Waals surface area contributed by atoms with Gasteiger partial charge >= 0.3 is 0 Å². The Hall–Kier alpha value is -2.46. The van der Waals surface area contributed by atoms with Gasteiger partial charge in [0.15, 0.2) is 0 Å². The van der Waals surface area contributed by atoms with Gasteiger partial charge in [-0.05, 0) is 70.8 Å². The second-order valence-electron chi connectivity index (χ2n) is 8.07. The molecule has 0 bridgehead atoms. The zero-order valence-corrected chi connectivity index (χ0v) is 23.2. The fourth-order valence-electron chi connectivity index (χ4n) is 3.72. The fraction of sp³-hybridized carbons (Fsp3) is 0.214. The zero-order chi connectivity index (χ0) is 25.3. The Bertz CT molecular complexity index is 1180. The highest BCUT2D eigenvalue weighted by atomic mass is 79.9. The minimum atomic E-state index is 0.259. The van der Waals surface area contributed by atoms with Crippen molar-refractivity contribution in [1.82, 2.24) is 9.97 Å². The maximum atomic E-state index is 5.49. The van der Waals surface area contributed by atoms with Gasteiger partial charge in [0.1, 0.15) is 13.6 Å². The summed E-state index contributed by atoms with van der Waals surface area (Å²) in [6.45, 7) is 1.47. The lowest BCUT2D eigenvalue weighted by Crippen LogP contribution is -1.97. The van der Waals surface area contributed by atoms with Gasteiger partial charge in [0, 0.05) is 46.7 Å². The van der Waals surface area contributed by atoms with Gasteiger partial charge in [-0.3, -0.25) is 9.97 Å². The van der Waals surface area contributed by atoms with Crippen molar-refractivity contribution in [3.8, 4) is 33.6 Å². The maximum absolute atomic E-state index is 5.49. The quantitative estimate of drug-likeness (QED) is 0.131. The van der Waals surface area contributed by atoms with E-state index < -0.39 is 0 Å². The molecule has 6 nitrogen and oxygen atoms in total. The summed E-state index contributed by atoms with van der Waals surface area (Å²) in [5.74, 6) is 0. The summed E-state index contributed by atoms with van der Waals surface area (Å²) in [5.41, 5.74) is 7.88. The van der Waals surface area contributed by atoms with Crippen LogP contribution >= 0.6 is 31.9 Å². The lowest BCUT2D eigenvalue weighted by Gasteiger charge is -2.10. The van der Waals surface area contributed by atoms with E-state index in [2.05, 4.69) is 78.2 Å². The molecule has 0 fully saturated rings. The van der Waals surface area contributed by atoms with Gasteiger partial charge in [-0.2, -0.15) is 0 Å². The van der Waals surface area contributed by atoms with E-state index in [9.17, 15) is 0 Å². The highest BCUT2D eigenvalue weighted by Crippen LogP contribution is 2.29. The number of pyridine rings is 2. The van der Waals surface area contributed by atoms with Crippen molar-refractivity contribution in [3.63, 3.8) is 0 Å². The van der Waals surface area contributed by atoms with Gasteiger partial charge in [-0.15, -0.1) is 0 Å². The second-order valence-corrected chi connectivity index (χ2v) is 9.90. The molecule has 2 heterocycles. The molecule has 0 aliphatic carbocycles. The summed E-state index contributed by atoms with van der Waals surface area (Å²) in [7, 11) is 3.22. The molecule has 0 radical (unpaired) electrons. The number of nitrogens with zero attached hydrogens (tertiary/aromatic N) is 2. The molecule has 0 saturated carbocycles. The van der Waals surface area contributed by atoms with Crippen molar-refractivity contribution in [3.05, 3.63) is 93.1 Å². The summed E-state index contributed by atoms with van der Waals surface area (Å²) in [6.07, 6.45) is 3.74. The smallest absolute Gasteiger partial charge is 0.146 e. The van der Waals surface area contributed by atoms with E-state index in [1.54, 1.807) is 14.2 Å². The Morgan fingerprint density at radius 1 is 0.583 bits per heavy atom. The molecule has 2 aromatic carbocycles. The Morgan fingerprint density at radius 3 is 1.39 bits per heavy atom. The largest absolute Gasteiger partial charge is 0.359 e. The zero-order valence-electron chi connectivity index (χ0n) is 20.0. The van der Waals surface area contributed by atoms with E-state index in [0.717, 1.165) is 53.7 Å². The third-order valence-electron chi connectivity index (χ3n) is 5.31. The number of rotatable bonds is 11. The molecule has 4 rings (SSSR count). The van der Waals surface area contributed by atoms with Gasteiger partial charge in [-0.25, -0.2) is 0 Å². The predicted octanol–water partition coefficient (Wildman–Crippen LogP) is 7.24. The van der Waals surface area contributed by atoms with Crippen LogP contribution in [0, 0.1) is 0 Å². The minimum Gasteiger partial charge on any atom is -0.359 e. The van der Waals surface area contributed by atoms with Crippen LogP contribution in [0.25, 0.3) is 33.6 Å². The summed E-state index contributed by atoms with van der Waals surface area (Å²) in [4.78, 5) is 9.34. The first kappa shape index (κ1) is 26.6. The molecule has 0 aliphatic rings. The molecule has 8 heteroatoms. The monoisotopic (exact) mass is 612 g/mol. The van der Waals surface area contributed by atoms with Gasteiger partial charge < -0.3 is 18.9 Å². The average Bonchev–Trinajstić information content (AvgIpc) is 2.89. The number of hydrogen-bond donors (Lipinski definition) is 0. The Labute approximate surface area is 227 Å². The Balaban J connectivity index is 1.49.